The normalized spacial score (nSPS) is 8.83. The van der Waals surface area contributed by atoms with Crippen molar-refractivity contribution in [3.8, 4) is 0 Å². The van der Waals surface area contributed by atoms with Crippen molar-refractivity contribution in [3.05, 3.63) is 35.4 Å². The van der Waals surface area contributed by atoms with E-state index in [2.05, 4.69) is 64.6 Å². The van der Waals surface area contributed by atoms with E-state index in [4.69, 9.17) is 4.79 Å². The fraction of sp³-hybridized carbons (Fsp3) is 0.682. The minimum atomic E-state index is 0.250. The summed E-state index contributed by atoms with van der Waals surface area (Å²) in [4.78, 5) is 8.58. The molecule has 2 heteroatoms. The summed E-state index contributed by atoms with van der Waals surface area (Å²) in [7, 11) is 0. The summed E-state index contributed by atoms with van der Waals surface area (Å²) in [6.45, 7) is 15.2. The first-order chi connectivity index (χ1) is 11.5. The summed E-state index contributed by atoms with van der Waals surface area (Å²) in [6.07, 6.45) is 9.83. The van der Waals surface area contributed by atoms with E-state index in [-0.39, 0.29) is 6.41 Å². The van der Waals surface area contributed by atoms with E-state index in [0.29, 0.717) is 0 Å². The third-order valence-corrected chi connectivity index (χ3v) is 3.59. The van der Waals surface area contributed by atoms with E-state index in [1.165, 1.54) is 49.7 Å². The van der Waals surface area contributed by atoms with Crippen molar-refractivity contribution < 1.29 is 4.79 Å². The number of hydrogen-bond acceptors (Lipinski definition) is 1. The van der Waals surface area contributed by atoms with Gasteiger partial charge in [0.1, 0.15) is 0 Å². The highest BCUT2D eigenvalue weighted by Gasteiger charge is 1.98. The quantitative estimate of drug-likeness (QED) is 0.553. The maximum Gasteiger partial charge on any atom is 0.204 e. The molecule has 24 heavy (non-hydrogen) atoms. The molecule has 0 aromatic heterocycles. The lowest BCUT2D eigenvalue weighted by Crippen LogP contribution is -1.93. The van der Waals surface area contributed by atoms with Gasteiger partial charge in [0, 0.05) is 0 Å². The fourth-order valence-corrected chi connectivity index (χ4v) is 2.18. The molecule has 0 aliphatic carbocycles. The first-order valence-corrected chi connectivity index (χ1v) is 9.76. The minimum Gasteiger partial charge on any atom is -0.372 e. The Labute approximate surface area is 152 Å². The Bertz CT molecular complexity index is 342. The highest BCUT2D eigenvalue weighted by atomic mass is 16.1. The van der Waals surface area contributed by atoms with Crippen LogP contribution in [-0.4, -0.2) is 6.41 Å². The number of primary amides is 1. The van der Waals surface area contributed by atoms with E-state index in [1.54, 1.807) is 0 Å². The van der Waals surface area contributed by atoms with Crippen molar-refractivity contribution in [2.75, 3.05) is 0 Å². The van der Waals surface area contributed by atoms with Crippen molar-refractivity contribution in [2.24, 2.45) is 11.7 Å². The number of aryl methyl sites for hydroxylation is 2. The van der Waals surface area contributed by atoms with Crippen molar-refractivity contribution in [3.63, 3.8) is 0 Å². The maximum atomic E-state index is 8.58. The van der Waals surface area contributed by atoms with E-state index in [1.807, 2.05) is 13.8 Å². The van der Waals surface area contributed by atoms with Crippen LogP contribution in [0.2, 0.25) is 0 Å². The summed E-state index contributed by atoms with van der Waals surface area (Å²) in [6, 6.07) is 8.61. The predicted octanol–water partition coefficient (Wildman–Crippen LogP) is 6.69. The van der Waals surface area contributed by atoms with E-state index in [0.717, 1.165) is 12.3 Å². The Morgan fingerprint density at radius 2 is 1.50 bits per heavy atom. The molecular weight excluding hydrogens is 294 g/mol. The van der Waals surface area contributed by atoms with Crippen molar-refractivity contribution in [2.45, 2.75) is 93.4 Å². The molecule has 1 aromatic rings. The van der Waals surface area contributed by atoms with Gasteiger partial charge in [-0.1, -0.05) is 110 Å². The monoisotopic (exact) mass is 337 g/mol. The summed E-state index contributed by atoms with van der Waals surface area (Å²) in [5.74, 6) is 0.972. The number of hydrogen-bond donors (Lipinski definition) is 1. The van der Waals surface area contributed by atoms with Crippen molar-refractivity contribution in [1.82, 2.24) is 0 Å². The van der Waals surface area contributed by atoms with E-state index in [9.17, 15) is 0 Å². The average Bonchev–Trinajstić information content (AvgIpc) is 2.61. The molecule has 0 unspecified atom stereocenters. The first kappa shape index (κ1) is 27.5. The number of benzene rings is 1. The second-order valence-corrected chi connectivity index (χ2v) is 5.87. The average molecular weight is 338 g/mol. The Balaban J connectivity index is -0.000000291. The van der Waals surface area contributed by atoms with Gasteiger partial charge in [0.15, 0.2) is 0 Å². The molecule has 0 spiro atoms. The second kappa shape index (κ2) is 23.9. The van der Waals surface area contributed by atoms with E-state index < -0.39 is 0 Å². The molecule has 0 fully saturated rings. The number of unbranched alkanes of at least 4 members (excludes halogenated alkanes) is 2. The number of rotatable bonds is 7. The summed E-state index contributed by atoms with van der Waals surface area (Å²) >= 11 is 0. The van der Waals surface area contributed by atoms with Crippen LogP contribution < -0.4 is 5.73 Å². The highest BCUT2D eigenvalue weighted by molar-refractivity contribution is 5.42. The van der Waals surface area contributed by atoms with Crippen molar-refractivity contribution >= 4 is 6.41 Å². The fourth-order valence-electron chi connectivity index (χ4n) is 2.18. The van der Waals surface area contributed by atoms with Gasteiger partial charge >= 0.3 is 0 Å². The zero-order chi connectivity index (χ0) is 19.2. The van der Waals surface area contributed by atoms with Crippen LogP contribution in [0.25, 0.3) is 0 Å². The smallest absolute Gasteiger partial charge is 0.204 e. The van der Waals surface area contributed by atoms with Gasteiger partial charge in [-0.05, 0) is 24.8 Å². The third-order valence-electron chi connectivity index (χ3n) is 3.59. The molecule has 0 aliphatic heterocycles. The van der Waals surface area contributed by atoms with Gasteiger partial charge in [0.25, 0.3) is 0 Å². The molecule has 1 rings (SSSR count). The Morgan fingerprint density at radius 1 is 1.04 bits per heavy atom. The van der Waals surface area contributed by atoms with Crippen LogP contribution in [0, 0.1) is 12.8 Å². The Morgan fingerprint density at radius 3 is 1.79 bits per heavy atom. The van der Waals surface area contributed by atoms with Gasteiger partial charge in [0.2, 0.25) is 6.41 Å². The molecule has 142 valence electrons. The summed E-state index contributed by atoms with van der Waals surface area (Å²) in [5, 5.41) is 0. The second-order valence-electron chi connectivity index (χ2n) is 5.87. The lowest BCUT2D eigenvalue weighted by molar-refractivity contribution is -0.106. The molecule has 0 bridgehead atoms. The Kier molecular flexibility index (Phi) is 27.5. The lowest BCUT2D eigenvalue weighted by atomic mass is 9.98. The van der Waals surface area contributed by atoms with Crippen molar-refractivity contribution in [1.29, 1.82) is 0 Å². The van der Waals surface area contributed by atoms with Crippen LogP contribution in [0.3, 0.4) is 0 Å². The van der Waals surface area contributed by atoms with Gasteiger partial charge in [-0.2, -0.15) is 0 Å². The van der Waals surface area contributed by atoms with Crippen LogP contribution in [0.5, 0.6) is 0 Å². The first-order valence-electron chi connectivity index (χ1n) is 9.76. The van der Waals surface area contributed by atoms with Crippen LogP contribution in [-0.2, 0) is 11.2 Å². The molecule has 0 aliphatic rings. The molecule has 1 amide bonds. The predicted molar refractivity (Wildman–Crippen MR) is 110 cm³/mol. The lowest BCUT2D eigenvalue weighted by Gasteiger charge is -2.08. The molecule has 0 heterocycles. The summed E-state index contributed by atoms with van der Waals surface area (Å²) in [5.41, 5.74) is 6.95. The number of amides is 1. The van der Waals surface area contributed by atoms with Gasteiger partial charge < -0.3 is 5.73 Å². The molecule has 0 saturated heterocycles. The van der Waals surface area contributed by atoms with Crippen LogP contribution in [0.15, 0.2) is 24.3 Å². The zero-order valence-corrected chi connectivity index (χ0v) is 17.4. The topological polar surface area (TPSA) is 43.1 Å². The highest BCUT2D eigenvalue weighted by Crippen LogP contribution is 2.14. The molecular formula is C22H43NO. The van der Waals surface area contributed by atoms with Gasteiger partial charge in [-0.3, -0.25) is 4.79 Å². The molecule has 2 nitrogen and oxygen atoms in total. The maximum absolute atomic E-state index is 8.58. The minimum absolute atomic E-state index is 0.250. The SMILES string of the molecule is CC.CCCCC(C)CCCC.CCc1cccc(C)c1.NC=O. The van der Waals surface area contributed by atoms with Gasteiger partial charge in [-0.25, -0.2) is 0 Å². The number of carbonyl (C=O) groups is 1. The van der Waals surface area contributed by atoms with Crippen LogP contribution in [0.4, 0.5) is 0 Å². The van der Waals surface area contributed by atoms with Crippen LogP contribution in [0.1, 0.15) is 91.2 Å². The number of carbonyl (C=O) groups excluding carboxylic acids is 1. The Hall–Kier alpha value is -1.31. The summed E-state index contributed by atoms with van der Waals surface area (Å²) < 4.78 is 0. The molecule has 0 saturated carbocycles. The van der Waals surface area contributed by atoms with E-state index >= 15 is 0 Å². The van der Waals surface area contributed by atoms with Crippen LogP contribution >= 0.6 is 0 Å². The third kappa shape index (κ3) is 23.0. The van der Waals surface area contributed by atoms with Gasteiger partial charge in [-0.15, -0.1) is 0 Å². The molecule has 0 radical (unpaired) electrons. The molecule has 1 aromatic carbocycles. The number of nitrogens with two attached hydrogens (primary N) is 1. The molecule has 2 N–H and O–H groups in total. The zero-order valence-electron chi connectivity index (χ0n) is 17.4. The van der Waals surface area contributed by atoms with Gasteiger partial charge in [0.05, 0.1) is 0 Å². The largest absolute Gasteiger partial charge is 0.372 e. The molecule has 0 atom stereocenters. The standard InChI is InChI=1S/C10H22.C9H12.C2H6.CH3NO/c1-4-6-8-10(3)9-7-5-2;1-3-9-6-4-5-8(2)7-9;1-2;2-1-3/h10H,4-9H2,1-3H3;4-7H,3H2,1-2H3;1-2H3;1H,(H2,2,3).